The highest BCUT2D eigenvalue weighted by molar-refractivity contribution is 5.99. The maximum atomic E-state index is 14.3. The number of carbonyl (C=O) groups excluding carboxylic acids is 1. The summed E-state index contributed by atoms with van der Waals surface area (Å²) in [5.74, 6) is -1.08. The summed E-state index contributed by atoms with van der Waals surface area (Å²) in [6, 6.07) is 18.7. The van der Waals surface area contributed by atoms with Crippen molar-refractivity contribution in [1.82, 2.24) is 5.32 Å². The lowest BCUT2D eigenvalue weighted by Gasteiger charge is -2.62. The molecule has 2 aromatic rings. The molecule has 2 N–H and O–H groups in total. The first-order chi connectivity index (χ1) is 21.5. The predicted molar refractivity (Wildman–Crippen MR) is 164 cm³/mol. The van der Waals surface area contributed by atoms with Crippen LogP contribution >= 0.6 is 0 Å². The van der Waals surface area contributed by atoms with E-state index in [-0.39, 0.29) is 28.9 Å². The summed E-state index contributed by atoms with van der Waals surface area (Å²) in [5.41, 5.74) is -0.214. The molecular weight excluding hydrogens is 581 g/mol. The van der Waals surface area contributed by atoms with Gasteiger partial charge in [-0.25, -0.2) is 0 Å². The van der Waals surface area contributed by atoms with E-state index in [1.807, 2.05) is 6.07 Å². The third kappa shape index (κ3) is 4.77. The zero-order valence-corrected chi connectivity index (χ0v) is 25.6. The molecule has 3 aliphatic carbocycles. The van der Waals surface area contributed by atoms with Gasteiger partial charge in [-0.3, -0.25) is 4.79 Å². The fraction of sp³-hybridized carbons (Fsp3) is 0.472. The average molecular weight is 622 g/mol. The smallest absolute Gasteiger partial charge is 0.421 e. The number of hydrogen-bond acceptors (Lipinski definition) is 4. The van der Waals surface area contributed by atoms with E-state index in [0.717, 1.165) is 66.9 Å². The van der Waals surface area contributed by atoms with Crippen molar-refractivity contribution in [2.24, 2.45) is 11.3 Å². The van der Waals surface area contributed by atoms with E-state index >= 15 is 0 Å². The van der Waals surface area contributed by atoms with Crippen LogP contribution in [0.15, 0.2) is 89.2 Å². The van der Waals surface area contributed by atoms with Crippen molar-refractivity contribution in [3.63, 3.8) is 0 Å². The summed E-state index contributed by atoms with van der Waals surface area (Å²) in [6.07, 6.45) is 1.58. The van der Waals surface area contributed by atoms with E-state index in [2.05, 4.69) is 36.6 Å². The number of quaternary nitrogens is 1. The molecule has 0 radical (unpaired) electrons. The molecule has 2 aliphatic heterocycles. The van der Waals surface area contributed by atoms with Crippen molar-refractivity contribution in [2.45, 2.75) is 68.7 Å². The summed E-state index contributed by atoms with van der Waals surface area (Å²) in [5, 5.41) is 14.2. The van der Waals surface area contributed by atoms with Gasteiger partial charge in [-0.05, 0) is 35.6 Å². The number of halogens is 3. The van der Waals surface area contributed by atoms with Crippen molar-refractivity contribution in [2.75, 3.05) is 27.2 Å². The quantitative estimate of drug-likeness (QED) is 0.218. The van der Waals surface area contributed by atoms with Crippen molar-refractivity contribution >= 4 is 12.0 Å². The molecule has 1 spiro atoms. The van der Waals surface area contributed by atoms with Crippen LogP contribution in [0.4, 0.5) is 13.2 Å². The van der Waals surface area contributed by atoms with Crippen LogP contribution in [0.3, 0.4) is 0 Å². The number of likely N-dealkylation sites (N-methyl/N-ethyl adjacent to an activating group) is 1. The van der Waals surface area contributed by atoms with Crippen molar-refractivity contribution in [1.29, 1.82) is 0 Å². The van der Waals surface area contributed by atoms with E-state index in [1.54, 1.807) is 18.2 Å². The first kappa shape index (κ1) is 30.3. The van der Waals surface area contributed by atoms with Gasteiger partial charge in [0.2, 0.25) is 0 Å². The van der Waals surface area contributed by atoms with Gasteiger partial charge < -0.3 is 24.4 Å². The largest absolute Gasteiger partial charge is 0.508 e. The number of allylic oxidation sites excluding steroid dienone is 1. The number of likely N-dealkylation sites (tertiary alicyclic amines) is 1. The molecular formula is C36H40F3N2O4+. The number of aliphatic hydroxyl groups is 1. The second-order valence-corrected chi connectivity index (χ2v) is 13.6. The predicted octanol–water partition coefficient (Wildman–Crippen LogP) is 6.26. The molecule has 238 valence electrons. The van der Waals surface area contributed by atoms with Gasteiger partial charge in [0.25, 0.3) is 5.91 Å². The Morgan fingerprint density at radius 2 is 1.84 bits per heavy atom. The number of aliphatic hydroxyl groups excluding tert-OH is 1. The first-order valence-corrected chi connectivity index (χ1v) is 15.9. The zero-order valence-electron chi connectivity index (χ0n) is 25.6. The Hall–Kier alpha value is -3.40. The van der Waals surface area contributed by atoms with Gasteiger partial charge in [-0.15, -0.1) is 0 Å². The molecule has 7 rings (SSSR count). The third-order valence-electron chi connectivity index (χ3n) is 11.4. The molecule has 2 bridgehead atoms. The van der Waals surface area contributed by atoms with E-state index < -0.39 is 29.5 Å². The van der Waals surface area contributed by atoms with Crippen LogP contribution in [0.1, 0.15) is 43.2 Å². The molecule has 2 aromatic carbocycles. The molecule has 5 aliphatic rings. The third-order valence-corrected chi connectivity index (χ3v) is 11.4. The Kier molecular flexibility index (Phi) is 7.30. The fourth-order valence-corrected chi connectivity index (χ4v) is 9.28. The number of amides is 1. The summed E-state index contributed by atoms with van der Waals surface area (Å²) in [6.45, 7) is 1.92. The maximum Gasteiger partial charge on any atom is 0.421 e. The second kappa shape index (κ2) is 10.9. The van der Waals surface area contributed by atoms with Gasteiger partial charge in [0.15, 0.2) is 5.72 Å². The average Bonchev–Trinajstić information content (AvgIpc) is 3.37. The van der Waals surface area contributed by atoms with E-state index in [1.165, 1.54) is 30.9 Å². The molecule has 7 atom stereocenters. The van der Waals surface area contributed by atoms with Crippen LogP contribution in [0, 0.1) is 11.3 Å². The minimum atomic E-state index is -4.92. The number of rotatable bonds is 7. The maximum absolute atomic E-state index is 14.3. The highest BCUT2D eigenvalue weighted by Gasteiger charge is 2.71. The van der Waals surface area contributed by atoms with Crippen molar-refractivity contribution in [3.05, 3.63) is 100 Å². The number of alkyl halides is 3. The summed E-state index contributed by atoms with van der Waals surface area (Å²) in [7, 11) is 3.68. The molecule has 2 heterocycles. The van der Waals surface area contributed by atoms with Gasteiger partial charge >= 0.3 is 6.18 Å². The fourth-order valence-electron chi connectivity index (χ4n) is 9.28. The minimum Gasteiger partial charge on any atom is -0.508 e. The second-order valence-electron chi connectivity index (χ2n) is 13.6. The van der Waals surface area contributed by atoms with Crippen molar-refractivity contribution < 1.29 is 37.0 Å². The Morgan fingerprint density at radius 1 is 1.13 bits per heavy atom. The van der Waals surface area contributed by atoms with Crippen LogP contribution in [0.2, 0.25) is 0 Å². The van der Waals surface area contributed by atoms with E-state index in [4.69, 9.17) is 9.47 Å². The summed E-state index contributed by atoms with van der Waals surface area (Å²) in [4.78, 5) is 13.5. The van der Waals surface area contributed by atoms with Crippen LogP contribution in [0.25, 0.3) is 6.08 Å². The molecule has 1 amide bonds. The minimum absolute atomic E-state index is 0.0434. The molecule has 45 heavy (non-hydrogen) atoms. The number of benzene rings is 2. The number of methoxy groups -OCH3 is 1. The lowest BCUT2D eigenvalue weighted by Crippen LogP contribution is -2.69. The first-order valence-electron chi connectivity index (χ1n) is 15.9. The monoisotopic (exact) mass is 621 g/mol. The normalized spacial score (nSPS) is 35.5. The lowest BCUT2D eigenvalue weighted by molar-refractivity contribution is -0.945. The molecule has 3 fully saturated rings. The summed E-state index contributed by atoms with van der Waals surface area (Å²) >= 11 is 0. The highest BCUT2D eigenvalue weighted by Crippen LogP contribution is 2.67. The Balaban J connectivity index is 1.25. The van der Waals surface area contributed by atoms with Crippen LogP contribution < -0.4 is 5.32 Å². The molecule has 1 saturated carbocycles. The molecule has 2 saturated heterocycles. The Bertz CT molecular complexity index is 1570. The zero-order chi connectivity index (χ0) is 31.6. The highest BCUT2D eigenvalue weighted by atomic mass is 19.4. The summed E-state index contributed by atoms with van der Waals surface area (Å²) < 4.78 is 56.4. The van der Waals surface area contributed by atoms with Crippen LogP contribution in [-0.4, -0.2) is 72.9 Å². The van der Waals surface area contributed by atoms with Gasteiger partial charge in [-0.1, -0.05) is 67.1 Å². The Labute approximate surface area is 261 Å². The van der Waals surface area contributed by atoms with Gasteiger partial charge in [-0.2, -0.15) is 13.2 Å². The van der Waals surface area contributed by atoms with Crippen molar-refractivity contribution in [3.8, 4) is 0 Å². The SMILES string of the molecule is COC1(NC(=O)C(=Cc2ccccc2)C(F)(F)F)C=C(O)C2=C3C1O[C@H]1CCC[C@H]4[C@@H](C2)[N+](C)(CCc2ccccc2)CC[C@]314. The lowest BCUT2D eigenvalue weighted by atomic mass is 9.50. The molecule has 3 unspecified atom stereocenters. The molecule has 0 aromatic heterocycles. The molecule has 6 nitrogen and oxygen atoms in total. The number of nitrogens with one attached hydrogen (secondary N) is 1. The number of carbonyl (C=O) groups is 1. The Morgan fingerprint density at radius 3 is 2.53 bits per heavy atom. The standard InChI is InChI=1S/C36H39F3N2O4/c1-41(18-16-23-10-5-3-6-11-23)19-17-34-26-14-9-15-30(34)45-32-31(34)25(21-28(26)41)29(42)22-35(32,44-2)40-33(43)27(36(37,38)39)20-24-12-7-4-8-13-24/h3-8,10-13,20,22,26,28,30,32H,9,14-19,21H2,1-2H3,(H-,40,42,43)/p+1/t26-,28+,30-,32?,34+,35?,41?/m0/s1. The number of piperidine rings is 1. The number of ether oxygens (including phenoxy) is 2. The number of nitrogens with zero attached hydrogens (tertiary/aromatic N) is 1. The van der Waals surface area contributed by atoms with Crippen LogP contribution in [0.5, 0.6) is 0 Å². The van der Waals surface area contributed by atoms with Gasteiger partial charge in [0.1, 0.15) is 17.4 Å². The topological polar surface area (TPSA) is 67.8 Å². The number of hydrogen-bond donors (Lipinski definition) is 2. The van der Waals surface area contributed by atoms with E-state index in [9.17, 15) is 23.1 Å². The van der Waals surface area contributed by atoms with Gasteiger partial charge in [0, 0.05) is 49.4 Å². The van der Waals surface area contributed by atoms with Gasteiger partial charge in [0.05, 0.1) is 32.3 Å². The van der Waals surface area contributed by atoms with E-state index in [0.29, 0.717) is 12.3 Å². The van der Waals surface area contributed by atoms with Crippen LogP contribution in [-0.2, 0) is 20.7 Å². The molecule has 9 heteroatoms.